The van der Waals surface area contributed by atoms with Gasteiger partial charge in [0.2, 0.25) is 5.91 Å². The summed E-state index contributed by atoms with van der Waals surface area (Å²) in [6.07, 6.45) is 3.28. The first kappa shape index (κ1) is 22.3. The Balaban J connectivity index is 1.52. The normalized spacial score (nSPS) is 20.4. The molecule has 2 aliphatic rings. The number of hydrogen-bond acceptors (Lipinski definition) is 4. The number of urea groups is 1. The molecule has 9 heteroatoms. The van der Waals surface area contributed by atoms with Gasteiger partial charge in [-0.2, -0.15) is 8.78 Å². The number of rotatable bonds is 5. The number of nitrogens with one attached hydrogen (secondary N) is 1. The van der Waals surface area contributed by atoms with Crippen LogP contribution in [0.25, 0.3) is 0 Å². The van der Waals surface area contributed by atoms with E-state index in [1.807, 2.05) is 4.90 Å². The van der Waals surface area contributed by atoms with Gasteiger partial charge in [0.1, 0.15) is 5.75 Å². The minimum atomic E-state index is -2.97. The molecule has 2 aliphatic heterocycles. The number of ether oxygens (including phenoxy) is 1. The number of hydrogen-bond donors (Lipinski definition) is 1. The first-order chi connectivity index (χ1) is 14.3. The van der Waals surface area contributed by atoms with Crippen molar-refractivity contribution in [1.29, 1.82) is 0 Å². The number of piperazine rings is 1. The third kappa shape index (κ3) is 5.59. The summed E-state index contributed by atoms with van der Waals surface area (Å²) in [4.78, 5) is 30.9. The van der Waals surface area contributed by atoms with E-state index in [1.165, 1.54) is 12.5 Å². The zero-order chi connectivity index (χ0) is 21.7. The topological polar surface area (TPSA) is 65.1 Å². The Morgan fingerprint density at radius 1 is 1.17 bits per heavy atom. The number of para-hydroxylation sites is 1. The average Bonchev–Trinajstić information content (AvgIpc) is 2.71. The van der Waals surface area contributed by atoms with E-state index in [0.29, 0.717) is 38.3 Å². The molecule has 0 aromatic heterocycles. The van der Waals surface area contributed by atoms with Gasteiger partial charge in [-0.15, -0.1) is 0 Å². The summed E-state index contributed by atoms with van der Waals surface area (Å²) in [6, 6.07) is 4.65. The number of aryl methyl sites for hydroxylation is 1. The molecule has 1 aromatic rings. The molecule has 166 valence electrons. The Morgan fingerprint density at radius 2 is 1.90 bits per heavy atom. The summed E-state index contributed by atoms with van der Waals surface area (Å²) >= 11 is 0. The van der Waals surface area contributed by atoms with Crippen molar-refractivity contribution in [3.05, 3.63) is 23.8 Å². The van der Waals surface area contributed by atoms with E-state index < -0.39 is 6.61 Å². The Labute approximate surface area is 175 Å². The van der Waals surface area contributed by atoms with E-state index in [2.05, 4.69) is 21.9 Å². The largest absolute Gasteiger partial charge is 0.433 e. The van der Waals surface area contributed by atoms with Crippen LogP contribution in [0.1, 0.15) is 31.7 Å². The van der Waals surface area contributed by atoms with Crippen LogP contribution in [-0.4, -0.2) is 78.6 Å². The minimum absolute atomic E-state index is 0.0572. The lowest BCUT2D eigenvalue weighted by Gasteiger charge is -2.38. The van der Waals surface area contributed by atoms with Crippen LogP contribution in [0.4, 0.5) is 19.3 Å². The molecular weight excluding hydrogens is 394 g/mol. The van der Waals surface area contributed by atoms with Gasteiger partial charge in [0, 0.05) is 38.8 Å². The van der Waals surface area contributed by atoms with Gasteiger partial charge in [-0.25, -0.2) is 4.79 Å². The van der Waals surface area contributed by atoms with Crippen LogP contribution in [0.2, 0.25) is 0 Å². The highest BCUT2D eigenvalue weighted by molar-refractivity contribution is 5.92. The maximum Gasteiger partial charge on any atom is 0.387 e. The molecule has 3 amide bonds. The number of benzene rings is 1. The number of carbonyl (C=O) groups excluding carboxylic acids is 2. The van der Waals surface area contributed by atoms with Crippen molar-refractivity contribution in [1.82, 2.24) is 14.7 Å². The molecule has 0 radical (unpaired) electrons. The molecule has 0 saturated carbocycles. The summed E-state index contributed by atoms with van der Waals surface area (Å²) in [5, 5.41) is 2.70. The van der Waals surface area contributed by atoms with E-state index in [1.54, 1.807) is 24.0 Å². The zero-order valence-electron chi connectivity index (χ0n) is 17.6. The van der Waals surface area contributed by atoms with E-state index in [9.17, 15) is 18.4 Å². The van der Waals surface area contributed by atoms with Gasteiger partial charge in [-0.1, -0.05) is 12.1 Å². The Hall–Kier alpha value is -2.42. The maximum atomic E-state index is 12.7. The molecule has 30 heavy (non-hydrogen) atoms. The van der Waals surface area contributed by atoms with Crippen LogP contribution in [0.3, 0.4) is 0 Å². The summed E-state index contributed by atoms with van der Waals surface area (Å²) in [6.45, 7) is 4.15. The van der Waals surface area contributed by atoms with Gasteiger partial charge >= 0.3 is 12.6 Å². The number of anilines is 1. The number of halogens is 2. The molecule has 0 bridgehead atoms. The van der Waals surface area contributed by atoms with Crippen molar-refractivity contribution < 1.29 is 23.1 Å². The second-order valence-electron chi connectivity index (χ2n) is 7.95. The smallest absolute Gasteiger partial charge is 0.387 e. The van der Waals surface area contributed by atoms with Crippen molar-refractivity contribution in [3.63, 3.8) is 0 Å². The monoisotopic (exact) mass is 424 g/mol. The average molecular weight is 424 g/mol. The summed E-state index contributed by atoms with van der Waals surface area (Å²) in [5.74, 6) is 0.0898. The minimum Gasteiger partial charge on any atom is -0.433 e. The molecule has 2 fully saturated rings. The van der Waals surface area contributed by atoms with E-state index >= 15 is 0 Å². The maximum absolute atomic E-state index is 12.7. The molecule has 1 N–H and O–H groups in total. The molecule has 7 nitrogen and oxygen atoms in total. The summed E-state index contributed by atoms with van der Waals surface area (Å²) in [7, 11) is 0. The predicted octanol–water partition coefficient (Wildman–Crippen LogP) is 3.15. The van der Waals surface area contributed by atoms with Gasteiger partial charge in [-0.3, -0.25) is 9.69 Å². The zero-order valence-corrected chi connectivity index (χ0v) is 17.6. The Bertz CT molecular complexity index is 754. The number of piperidine rings is 1. The van der Waals surface area contributed by atoms with Gasteiger partial charge < -0.3 is 19.9 Å². The molecule has 1 unspecified atom stereocenters. The van der Waals surface area contributed by atoms with Gasteiger partial charge in [0.05, 0.1) is 12.2 Å². The van der Waals surface area contributed by atoms with Crippen molar-refractivity contribution in [3.8, 4) is 5.75 Å². The molecule has 3 rings (SSSR count). The Morgan fingerprint density at radius 3 is 2.57 bits per heavy atom. The second kappa shape index (κ2) is 10.1. The number of carbonyl (C=O) groups is 2. The summed E-state index contributed by atoms with van der Waals surface area (Å²) in [5.41, 5.74) is 0.890. The Kier molecular flexibility index (Phi) is 7.47. The lowest BCUT2D eigenvalue weighted by molar-refractivity contribution is -0.136. The highest BCUT2D eigenvalue weighted by Crippen LogP contribution is 2.29. The highest BCUT2D eigenvalue weighted by atomic mass is 19.3. The molecular formula is C21H30F2N4O3. The van der Waals surface area contributed by atoms with Gasteiger partial charge in [0.25, 0.3) is 0 Å². The molecule has 0 aliphatic carbocycles. The molecule has 1 atom stereocenters. The fourth-order valence-corrected chi connectivity index (χ4v) is 4.04. The first-order valence-electron chi connectivity index (χ1n) is 10.5. The SMILES string of the molecule is Cc1cccc(OC(F)F)c1NC(=O)N1CCN(CC(=O)N2CCCCC2C)CC1. The number of likely N-dealkylation sites (tertiary alicyclic amines) is 1. The number of alkyl halides is 2. The lowest BCUT2D eigenvalue weighted by atomic mass is 10.0. The highest BCUT2D eigenvalue weighted by Gasteiger charge is 2.28. The van der Waals surface area contributed by atoms with Crippen LogP contribution in [-0.2, 0) is 4.79 Å². The van der Waals surface area contributed by atoms with Crippen LogP contribution >= 0.6 is 0 Å². The van der Waals surface area contributed by atoms with Crippen molar-refractivity contribution in [2.24, 2.45) is 0 Å². The third-order valence-electron chi connectivity index (χ3n) is 5.82. The fourth-order valence-electron chi connectivity index (χ4n) is 4.04. The molecule has 2 saturated heterocycles. The van der Waals surface area contributed by atoms with Crippen LogP contribution in [0.15, 0.2) is 18.2 Å². The van der Waals surface area contributed by atoms with Gasteiger partial charge in [0.15, 0.2) is 0 Å². The second-order valence-corrected chi connectivity index (χ2v) is 7.95. The molecule has 1 aromatic carbocycles. The van der Waals surface area contributed by atoms with Crippen molar-refractivity contribution in [2.75, 3.05) is 44.6 Å². The van der Waals surface area contributed by atoms with E-state index in [-0.39, 0.29) is 29.4 Å². The van der Waals surface area contributed by atoms with Crippen LogP contribution < -0.4 is 10.1 Å². The quantitative estimate of drug-likeness (QED) is 0.789. The van der Waals surface area contributed by atoms with E-state index in [4.69, 9.17) is 0 Å². The number of amides is 3. The van der Waals surface area contributed by atoms with Crippen LogP contribution in [0, 0.1) is 6.92 Å². The predicted molar refractivity (Wildman–Crippen MR) is 110 cm³/mol. The first-order valence-corrected chi connectivity index (χ1v) is 10.5. The van der Waals surface area contributed by atoms with Crippen molar-refractivity contribution >= 4 is 17.6 Å². The summed E-state index contributed by atoms with van der Waals surface area (Å²) < 4.78 is 29.8. The van der Waals surface area contributed by atoms with Crippen LogP contribution in [0.5, 0.6) is 5.75 Å². The lowest BCUT2D eigenvalue weighted by Crippen LogP contribution is -2.53. The standard InChI is InChI=1S/C21H30F2N4O3/c1-15-6-5-8-17(30-20(22)23)19(15)24-21(29)26-12-10-25(11-13-26)14-18(28)27-9-4-3-7-16(27)2/h5-6,8,16,20H,3-4,7,9-14H2,1-2H3,(H,24,29). The van der Waals surface area contributed by atoms with Gasteiger partial charge in [-0.05, 0) is 44.7 Å². The molecule has 0 spiro atoms. The number of nitrogens with zero attached hydrogens (tertiary/aromatic N) is 3. The fraction of sp³-hybridized carbons (Fsp3) is 0.619. The van der Waals surface area contributed by atoms with E-state index in [0.717, 1.165) is 19.4 Å². The molecule has 2 heterocycles. The third-order valence-corrected chi connectivity index (χ3v) is 5.82. The van der Waals surface area contributed by atoms with Crippen molar-refractivity contribution in [2.45, 2.75) is 45.8 Å².